The van der Waals surface area contributed by atoms with E-state index in [0.717, 1.165) is 23.0 Å². The Morgan fingerprint density at radius 3 is 2.17 bits per heavy atom. The van der Waals surface area contributed by atoms with E-state index in [4.69, 9.17) is 0 Å². The van der Waals surface area contributed by atoms with Crippen LogP contribution in [0.5, 0.6) is 0 Å². The lowest BCUT2D eigenvalue weighted by Crippen LogP contribution is -2.29. The maximum atomic E-state index is 9.33. The van der Waals surface area contributed by atoms with Crippen molar-refractivity contribution in [2.24, 2.45) is 11.8 Å². The van der Waals surface area contributed by atoms with Crippen LogP contribution in [-0.2, 0) is 11.5 Å². The zero-order chi connectivity index (χ0) is 17.0. The number of aromatic nitrogens is 2. The summed E-state index contributed by atoms with van der Waals surface area (Å²) in [6, 6.07) is 0.222. The highest BCUT2D eigenvalue weighted by Crippen LogP contribution is 2.34. The van der Waals surface area contributed by atoms with Crippen LogP contribution < -0.4 is 10.6 Å². The second-order valence-corrected chi connectivity index (χ2v) is 7.49. The van der Waals surface area contributed by atoms with Crippen molar-refractivity contribution in [2.45, 2.75) is 51.3 Å². The Bertz CT molecular complexity index is 529. The molecule has 2 rings (SSSR count). The third-order valence-electron chi connectivity index (χ3n) is 4.58. The lowest BCUT2D eigenvalue weighted by atomic mass is 10.0. The Morgan fingerprint density at radius 2 is 1.57 bits per heavy atom. The molecule has 0 bridgehead atoms. The normalized spacial score (nSPS) is 18.9. The highest BCUT2D eigenvalue weighted by molar-refractivity contribution is 7.98. The largest absolute Gasteiger partial charge is 0.396 e. The summed E-state index contributed by atoms with van der Waals surface area (Å²) in [4.78, 5) is 9.28. The van der Waals surface area contributed by atoms with Crippen molar-refractivity contribution in [1.82, 2.24) is 9.97 Å². The lowest BCUT2D eigenvalue weighted by Gasteiger charge is -2.23. The van der Waals surface area contributed by atoms with Crippen LogP contribution in [-0.4, -0.2) is 45.5 Å². The molecule has 4 atom stereocenters. The van der Waals surface area contributed by atoms with Gasteiger partial charge in [-0.05, 0) is 25.7 Å². The predicted molar refractivity (Wildman–Crippen MR) is 95.7 cm³/mol. The lowest BCUT2D eigenvalue weighted by molar-refractivity contribution is 0.226. The van der Waals surface area contributed by atoms with Crippen LogP contribution in [0.1, 0.15) is 39.0 Å². The molecular formula is C16H28N4O2S. The van der Waals surface area contributed by atoms with E-state index in [9.17, 15) is 10.2 Å². The summed E-state index contributed by atoms with van der Waals surface area (Å²) in [6.07, 6.45) is 0. The van der Waals surface area contributed by atoms with Gasteiger partial charge >= 0.3 is 0 Å². The smallest absolute Gasteiger partial charge is 0.225 e. The van der Waals surface area contributed by atoms with E-state index in [1.165, 1.54) is 5.56 Å². The van der Waals surface area contributed by atoms with Gasteiger partial charge in [0, 0.05) is 42.4 Å². The Balaban J connectivity index is 2.20. The molecule has 23 heavy (non-hydrogen) atoms. The monoisotopic (exact) mass is 340 g/mol. The van der Waals surface area contributed by atoms with Gasteiger partial charge in [0.05, 0.1) is 5.69 Å². The van der Waals surface area contributed by atoms with Gasteiger partial charge in [0.25, 0.3) is 0 Å². The van der Waals surface area contributed by atoms with E-state index >= 15 is 0 Å². The third kappa shape index (κ3) is 4.49. The van der Waals surface area contributed by atoms with Gasteiger partial charge in [-0.2, -0.15) is 16.7 Å². The number of aliphatic hydroxyl groups excluding tert-OH is 2. The predicted octanol–water partition coefficient (Wildman–Crippen LogP) is 2.08. The van der Waals surface area contributed by atoms with Crippen molar-refractivity contribution in [2.75, 3.05) is 23.8 Å². The summed E-state index contributed by atoms with van der Waals surface area (Å²) in [6.45, 7) is 8.36. The summed E-state index contributed by atoms with van der Waals surface area (Å²) in [5.41, 5.74) is 2.24. The van der Waals surface area contributed by atoms with Crippen molar-refractivity contribution >= 4 is 23.5 Å². The number of thioether (sulfide) groups is 1. The minimum Gasteiger partial charge on any atom is -0.396 e. The molecule has 1 aromatic rings. The van der Waals surface area contributed by atoms with Crippen molar-refractivity contribution in [1.29, 1.82) is 0 Å². The molecule has 6 nitrogen and oxygen atoms in total. The van der Waals surface area contributed by atoms with E-state index in [1.54, 1.807) is 0 Å². The highest BCUT2D eigenvalue weighted by atomic mass is 32.2. The molecule has 0 saturated heterocycles. The Morgan fingerprint density at radius 1 is 0.957 bits per heavy atom. The van der Waals surface area contributed by atoms with Crippen LogP contribution in [0.4, 0.5) is 11.8 Å². The van der Waals surface area contributed by atoms with Gasteiger partial charge in [0.15, 0.2) is 0 Å². The number of nitrogens with zero attached hydrogens (tertiary/aromatic N) is 2. The van der Waals surface area contributed by atoms with E-state index in [1.807, 2.05) is 32.5 Å². The molecule has 4 N–H and O–H groups in total. The molecule has 0 saturated carbocycles. The summed E-state index contributed by atoms with van der Waals surface area (Å²) < 4.78 is 0. The first kappa shape index (κ1) is 18.3. The fourth-order valence-corrected chi connectivity index (χ4v) is 3.30. The van der Waals surface area contributed by atoms with Crippen LogP contribution in [0, 0.1) is 11.8 Å². The summed E-state index contributed by atoms with van der Waals surface area (Å²) in [5.74, 6) is 3.56. The molecule has 1 aliphatic heterocycles. The van der Waals surface area contributed by atoms with Gasteiger partial charge in [-0.1, -0.05) is 13.8 Å². The van der Waals surface area contributed by atoms with Crippen molar-refractivity contribution in [3.63, 3.8) is 0 Å². The van der Waals surface area contributed by atoms with Gasteiger partial charge in [-0.15, -0.1) is 0 Å². The molecule has 0 radical (unpaired) electrons. The first-order valence-corrected chi connectivity index (χ1v) is 9.34. The van der Waals surface area contributed by atoms with Gasteiger partial charge < -0.3 is 20.8 Å². The molecule has 1 aromatic heterocycles. The Kier molecular flexibility index (Phi) is 6.50. The molecule has 0 amide bonds. The summed E-state index contributed by atoms with van der Waals surface area (Å²) in [7, 11) is 0. The number of anilines is 2. The maximum absolute atomic E-state index is 9.33. The molecule has 0 aromatic carbocycles. The topological polar surface area (TPSA) is 90.3 Å². The number of nitrogens with one attached hydrogen (secondary N) is 2. The molecule has 7 heteroatoms. The SMILES string of the molecule is CC(CO)C(C)Nc1nc2c(c(NC(C)C(C)CO)n1)CSC2. The van der Waals surface area contributed by atoms with Gasteiger partial charge in [-0.25, -0.2) is 4.98 Å². The van der Waals surface area contributed by atoms with Crippen molar-refractivity contribution in [3.05, 3.63) is 11.3 Å². The van der Waals surface area contributed by atoms with Crippen LogP contribution in [0.3, 0.4) is 0 Å². The zero-order valence-corrected chi connectivity index (χ0v) is 15.2. The second kappa shape index (κ2) is 8.17. The average Bonchev–Trinajstić information content (AvgIpc) is 3.01. The van der Waals surface area contributed by atoms with E-state index in [0.29, 0.717) is 5.95 Å². The summed E-state index contributed by atoms with van der Waals surface area (Å²) >= 11 is 1.84. The highest BCUT2D eigenvalue weighted by Gasteiger charge is 2.23. The standard InChI is InChI=1S/C16H28N4O2S/c1-9(5-21)11(3)17-15-13-7-23-8-14(13)19-16(20-15)18-12(4)10(2)6-22/h9-12,21-22H,5-8H2,1-4H3,(H2,17,18,19,20). The molecule has 1 aliphatic rings. The number of rotatable bonds is 8. The molecule has 4 unspecified atom stereocenters. The molecule has 0 fully saturated rings. The minimum absolute atomic E-state index is 0.0914. The molecule has 2 heterocycles. The molecule has 130 valence electrons. The van der Waals surface area contributed by atoms with Crippen LogP contribution in [0.2, 0.25) is 0 Å². The van der Waals surface area contributed by atoms with Gasteiger partial charge in [-0.3, -0.25) is 0 Å². The van der Waals surface area contributed by atoms with Crippen molar-refractivity contribution in [3.8, 4) is 0 Å². The fourth-order valence-electron chi connectivity index (χ4n) is 2.26. The van der Waals surface area contributed by atoms with Crippen LogP contribution in [0.25, 0.3) is 0 Å². The third-order valence-corrected chi connectivity index (χ3v) is 5.55. The fraction of sp³-hybridized carbons (Fsp3) is 0.750. The van der Waals surface area contributed by atoms with Gasteiger partial charge in [0.1, 0.15) is 5.82 Å². The van der Waals surface area contributed by atoms with Crippen LogP contribution in [0.15, 0.2) is 0 Å². The first-order valence-electron chi connectivity index (χ1n) is 8.18. The quantitative estimate of drug-likeness (QED) is 0.576. The Labute approximate surface area is 142 Å². The Hall–Kier alpha value is -1.05. The van der Waals surface area contributed by atoms with E-state index in [-0.39, 0.29) is 37.1 Å². The van der Waals surface area contributed by atoms with Gasteiger partial charge in [0.2, 0.25) is 5.95 Å². The number of aliphatic hydroxyl groups is 2. The first-order chi connectivity index (χ1) is 11.0. The summed E-state index contributed by atoms with van der Waals surface area (Å²) in [5, 5.41) is 25.3. The maximum Gasteiger partial charge on any atom is 0.225 e. The number of fused-ring (bicyclic) bond motifs is 1. The van der Waals surface area contributed by atoms with Crippen molar-refractivity contribution < 1.29 is 10.2 Å². The molecular weight excluding hydrogens is 312 g/mol. The number of hydrogen-bond acceptors (Lipinski definition) is 7. The molecule has 0 aliphatic carbocycles. The average molecular weight is 340 g/mol. The van der Waals surface area contributed by atoms with E-state index < -0.39 is 0 Å². The zero-order valence-electron chi connectivity index (χ0n) is 14.3. The number of hydrogen-bond donors (Lipinski definition) is 4. The second-order valence-electron chi connectivity index (χ2n) is 6.50. The molecule has 0 spiro atoms. The minimum atomic E-state index is 0.0914. The van der Waals surface area contributed by atoms with Crippen LogP contribution >= 0.6 is 11.8 Å². The van der Waals surface area contributed by atoms with E-state index in [2.05, 4.69) is 27.5 Å².